The first-order valence-corrected chi connectivity index (χ1v) is 12.5. The Labute approximate surface area is 205 Å². The summed E-state index contributed by atoms with van der Waals surface area (Å²) in [5.41, 5.74) is -0.459. The van der Waals surface area contributed by atoms with Gasteiger partial charge in [0.15, 0.2) is 0 Å². The largest absolute Gasteiger partial charge is 0.394 e. The summed E-state index contributed by atoms with van der Waals surface area (Å²) >= 11 is 0. The summed E-state index contributed by atoms with van der Waals surface area (Å²) in [5, 5.41) is 28.5. The number of rotatable bonds is 15. The lowest BCUT2D eigenvalue weighted by Gasteiger charge is -2.37. The fraction of sp³-hybridized carbons (Fsp3) is 1.00. The van der Waals surface area contributed by atoms with Gasteiger partial charge in [-0.1, -0.05) is 48.5 Å². The number of hydrogen-bond acceptors (Lipinski definition) is 7. The number of methoxy groups -OCH3 is 2. The van der Waals surface area contributed by atoms with Crippen molar-refractivity contribution in [1.29, 1.82) is 0 Å². The Morgan fingerprint density at radius 2 is 1.18 bits per heavy atom. The SMILES string of the molecule is CC.CCC(C)(C)OC(C(C)C)C(O)C(CO)OC.CCC(C)(C)OC(CO)C(C)COC. The molecule has 0 aromatic rings. The third kappa shape index (κ3) is 16.9. The van der Waals surface area contributed by atoms with Gasteiger partial charge in [0.1, 0.15) is 12.2 Å². The molecule has 7 heteroatoms. The number of ether oxygens (including phenoxy) is 4. The molecule has 0 saturated heterocycles. The molecule has 0 aromatic carbocycles. The average molecular weight is 483 g/mol. The van der Waals surface area contributed by atoms with Gasteiger partial charge < -0.3 is 34.3 Å². The fourth-order valence-electron chi connectivity index (χ4n) is 2.78. The van der Waals surface area contributed by atoms with E-state index in [1.54, 1.807) is 7.11 Å². The first-order chi connectivity index (χ1) is 15.2. The smallest absolute Gasteiger partial charge is 0.109 e. The van der Waals surface area contributed by atoms with Crippen LogP contribution in [0.15, 0.2) is 0 Å². The maximum Gasteiger partial charge on any atom is 0.109 e. The molecule has 0 aliphatic heterocycles. The summed E-state index contributed by atoms with van der Waals surface area (Å²) in [5.74, 6) is 0.371. The van der Waals surface area contributed by atoms with Gasteiger partial charge in [-0.05, 0) is 46.5 Å². The van der Waals surface area contributed by atoms with Crippen LogP contribution in [0, 0.1) is 11.8 Å². The molecule has 5 unspecified atom stereocenters. The van der Waals surface area contributed by atoms with Crippen LogP contribution < -0.4 is 0 Å². The van der Waals surface area contributed by atoms with Crippen LogP contribution in [0.25, 0.3) is 0 Å². The van der Waals surface area contributed by atoms with E-state index in [1.807, 2.05) is 69.2 Å². The van der Waals surface area contributed by atoms with Gasteiger partial charge in [-0.3, -0.25) is 0 Å². The number of aliphatic hydroxyl groups is 3. The van der Waals surface area contributed by atoms with Crippen molar-refractivity contribution in [2.75, 3.05) is 34.0 Å². The van der Waals surface area contributed by atoms with Crippen molar-refractivity contribution in [1.82, 2.24) is 0 Å². The second kappa shape index (κ2) is 20.0. The summed E-state index contributed by atoms with van der Waals surface area (Å²) in [4.78, 5) is 0. The zero-order valence-corrected chi connectivity index (χ0v) is 24.0. The van der Waals surface area contributed by atoms with Crippen molar-refractivity contribution in [3.8, 4) is 0 Å². The normalized spacial score (nSPS) is 16.6. The van der Waals surface area contributed by atoms with Crippen molar-refractivity contribution in [3.05, 3.63) is 0 Å². The minimum Gasteiger partial charge on any atom is -0.394 e. The molecule has 0 bridgehead atoms. The van der Waals surface area contributed by atoms with Gasteiger partial charge in [0.05, 0.1) is 43.2 Å². The second-order valence-electron chi connectivity index (χ2n) is 9.77. The molecule has 0 spiro atoms. The topological polar surface area (TPSA) is 97.6 Å². The Balaban J connectivity index is -0.000000515. The predicted octanol–water partition coefficient (Wildman–Crippen LogP) is 4.45. The maximum absolute atomic E-state index is 10.2. The third-order valence-corrected chi connectivity index (χ3v) is 5.73. The van der Waals surface area contributed by atoms with Gasteiger partial charge in [-0.25, -0.2) is 0 Å². The molecule has 0 aromatic heterocycles. The van der Waals surface area contributed by atoms with Crippen LogP contribution in [0.3, 0.4) is 0 Å². The first-order valence-electron chi connectivity index (χ1n) is 12.5. The predicted molar refractivity (Wildman–Crippen MR) is 137 cm³/mol. The Morgan fingerprint density at radius 3 is 1.48 bits per heavy atom. The highest BCUT2D eigenvalue weighted by molar-refractivity contribution is 4.82. The fourth-order valence-corrected chi connectivity index (χ4v) is 2.78. The van der Waals surface area contributed by atoms with E-state index >= 15 is 0 Å². The number of hydrogen-bond donors (Lipinski definition) is 3. The Kier molecular flexibility index (Phi) is 22.6. The Morgan fingerprint density at radius 1 is 0.758 bits per heavy atom. The van der Waals surface area contributed by atoms with E-state index in [2.05, 4.69) is 6.92 Å². The minimum atomic E-state index is -0.823. The van der Waals surface area contributed by atoms with Gasteiger partial charge >= 0.3 is 0 Å². The molecular weight excluding hydrogens is 424 g/mol. The zero-order valence-electron chi connectivity index (χ0n) is 24.0. The van der Waals surface area contributed by atoms with E-state index in [1.165, 1.54) is 7.11 Å². The average Bonchev–Trinajstić information content (AvgIpc) is 2.78. The highest BCUT2D eigenvalue weighted by Gasteiger charge is 2.34. The van der Waals surface area contributed by atoms with Crippen LogP contribution in [-0.4, -0.2) is 85.0 Å². The van der Waals surface area contributed by atoms with Gasteiger partial charge in [0.2, 0.25) is 0 Å². The molecule has 7 nitrogen and oxygen atoms in total. The van der Waals surface area contributed by atoms with Crippen LogP contribution in [0.1, 0.15) is 89.0 Å². The van der Waals surface area contributed by atoms with E-state index in [0.717, 1.165) is 12.8 Å². The molecule has 0 aliphatic carbocycles. The summed E-state index contributed by atoms with van der Waals surface area (Å²) < 4.78 is 21.9. The highest BCUT2D eigenvalue weighted by atomic mass is 16.5. The van der Waals surface area contributed by atoms with E-state index in [9.17, 15) is 10.2 Å². The molecule has 0 fully saturated rings. The molecule has 0 saturated carbocycles. The molecule has 0 amide bonds. The van der Waals surface area contributed by atoms with Crippen LogP contribution in [0.4, 0.5) is 0 Å². The van der Waals surface area contributed by atoms with Gasteiger partial charge in [-0.15, -0.1) is 0 Å². The third-order valence-electron chi connectivity index (χ3n) is 5.73. The lowest BCUT2D eigenvalue weighted by atomic mass is 9.96. The molecule has 33 heavy (non-hydrogen) atoms. The summed E-state index contributed by atoms with van der Waals surface area (Å²) in [6, 6.07) is 0. The summed E-state index contributed by atoms with van der Waals surface area (Å²) in [7, 11) is 3.14. The van der Waals surface area contributed by atoms with Crippen LogP contribution in [0.5, 0.6) is 0 Å². The van der Waals surface area contributed by atoms with Gasteiger partial charge in [0, 0.05) is 20.1 Å². The number of aliphatic hydroxyl groups excluding tert-OH is 3. The minimum absolute atomic E-state index is 0.0496. The highest BCUT2D eigenvalue weighted by Crippen LogP contribution is 2.24. The quantitative estimate of drug-likeness (QED) is 0.317. The standard InChI is InChI=1S/C13H28O4.C11H24O3.C2H6/c1-7-13(4,5)17-12(9(2)3)11(15)10(8-14)16-6;1-6-11(3,4)14-10(7-12)9(2)8-13-5;1-2/h9-12,14-15H,7-8H2,1-6H3;9-10,12H,6-8H2,1-5H3;1-2H3. The molecule has 0 rings (SSSR count). The van der Waals surface area contributed by atoms with Crippen molar-refractivity contribution in [2.24, 2.45) is 11.8 Å². The summed E-state index contributed by atoms with van der Waals surface area (Å²) in [6.07, 6.45) is -0.110. The molecule has 0 aliphatic rings. The van der Waals surface area contributed by atoms with E-state index in [-0.39, 0.29) is 48.5 Å². The lowest BCUT2D eigenvalue weighted by Crippen LogP contribution is -2.48. The monoisotopic (exact) mass is 482 g/mol. The molecule has 5 atom stereocenters. The van der Waals surface area contributed by atoms with Gasteiger partial charge in [0.25, 0.3) is 0 Å². The molecular formula is C26H58O7. The summed E-state index contributed by atoms with van der Waals surface area (Å²) in [6.45, 7) is 22.6. The van der Waals surface area contributed by atoms with Crippen molar-refractivity contribution in [2.45, 2.75) is 125 Å². The van der Waals surface area contributed by atoms with Crippen molar-refractivity contribution >= 4 is 0 Å². The van der Waals surface area contributed by atoms with E-state index in [0.29, 0.717) is 6.61 Å². The molecule has 0 radical (unpaired) electrons. The van der Waals surface area contributed by atoms with Crippen molar-refractivity contribution in [3.63, 3.8) is 0 Å². The van der Waals surface area contributed by atoms with Crippen LogP contribution in [0.2, 0.25) is 0 Å². The molecule has 0 heterocycles. The van der Waals surface area contributed by atoms with Gasteiger partial charge in [-0.2, -0.15) is 0 Å². The second-order valence-corrected chi connectivity index (χ2v) is 9.77. The zero-order chi connectivity index (χ0) is 26.8. The molecule has 3 N–H and O–H groups in total. The first kappa shape index (κ1) is 37.3. The Bertz CT molecular complexity index is 423. The van der Waals surface area contributed by atoms with E-state index < -0.39 is 12.2 Å². The van der Waals surface area contributed by atoms with Crippen LogP contribution in [-0.2, 0) is 18.9 Å². The van der Waals surface area contributed by atoms with Crippen molar-refractivity contribution < 1.29 is 34.3 Å². The maximum atomic E-state index is 10.2. The molecule has 204 valence electrons. The van der Waals surface area contributed by atoms with Crippen LogP contribution >= 0.6 is 0 Å². The Hall–Kier alpha value is -0.280. The van der Waals surface area contributed by atoms with E-state index in [4.69, 9.17) is 24.1 Å². The lowest BCUT2D eigenvalue weighted by molar-refractivity contribution is -0.172.